The zero-order chi connectivity index (χ0) is 14.8. The second kappa shape index (κ2) is 6.18. The van der Waals surface area contributed by atoms with Gasteiger partial charge < -0.3 is 4.74 Å². The number of methoxy groups -OCH3 is 1. The molecule has 0 radical (unpaired) electrons. The van der Waals surface area contributed by atoms with Crippen LogP contribution in [0.5, 0.6) is 5.75 Å². The normalized spacial score (nSPS) is 27.2. The van der Waals surface area contributed by atoms with Crippen LogP contribution in [-0.2, 0) is 4.79 Å². The highest BCUT2D eigenvalue weighted by atomic mass is 79.9. The summed E-state index contributed by atoms with van der Waals surface area (Å²) in [5.74, 6) is 2.20. The minimum absolute atomic E-state index is 0.0668. The van der Waals surface area contributed by atoms with Crippen molar-refractivity contribution in [3.05, 3.63) is 28.2 Å². The van der Waals surface area contributed by atoms with Crippen molar-refractivity contribution in [1.29, 1.82) is 0 Å². The Morgan fingerprint density at radius 2 is 2.10 bits per heavy atom. The van der Waals surface area contributed by atoms with Crippen LogP contribution < -0.4 is 10.2 Å². The monoisotopic (exact) mass is 350 g/mol. The van der Waals surface area contributed by atoms with Crippen LogP contribution in [0.3, 0.4) is 0 Å². The summed E-state index contributed by atoms with van der Waals surface area (Å²) in [6.07, 6.45) is 6.57. The largest absolute Gasteiger partial charge is 0.496 e. The fraction of sp³-hybridized carbons (Fsp3) is 0.500. The van der Waals surface area contributed by atoms with Crippen molar-refractivity contribution in [3.63, 3.8) is 0 Å². The van der Waals surface area contributed by atoms with Gasteiger partial charge in [0.1, 0.15) is 5.75 Å². The first kappa shape index (κ1) is 14.6. The Morgan fingerprint density at radius 3 is 2.76 bits per heavy atom. The van der Waals surface area contributed by atoms with Crippen molar-refractivity contribution in [2.45, 2.75) is 25.7 Å². The zero-order valence-corrected chi connectivity index (χ0v) is 13.6. The lowest BCUT2D eigenvalue weighted by Gasteiger charge is -2.04. The van der Waals surface area contributed by atoms with Crippen LogP contribution in [-0.4, -0.2) is 19.2 Å². The van der Waals surface area contributed by atoms with Gasteiger partial charge in [-0.15, -0.1) is 0 Å². The number of hydrogen-bond acceptors (Lipinski definition) is 3. The van der Waals surface area contributed by atoms with E-state index in [0.29, 0.717) is 11.8 Å². The summed E-state index contributed by atoms with van der Waals surface area (Å²) in [4.78, 5) is 12.1. The number of hydrogen-bond donors (Lipinski definition) is 1. The maximum Gasteiger partial charge on any atom is 0.243 e. The van der Waals surface area contributed by atoms with Crippen LogP contribution in [0.4, 0.5) is 0 Å². The summed E-state index contributed by atoms with van der Waals surface area (Å²) in [6.45, 7) is 0. The molecule has 1 amide bonds. The molecule has 2 aliphatic rings. The van der Waals surface area contributed by atoms with Crippen LogP contribution in [0.15, 0.2) is 27.8 Å². The van der Waals surface area contributed by atoms with Gasteiger partial charge >= 0.3 is 0 Å². The Hall–Kier alpha value is -1.36. The lowest BCUT2D eigenvalue weighted by molar-refractivity contribution is -0.122. The molecule has 1 aromatic rings. The quantitative estimate of drug-likeness (QED) is 0.668. The van der Waals surface area contributed by atoms with Crippen LogP contribution in [0.1, 0.15) is 31.2 Å². The molecule has 1 N–H and O–H groups in total. The molecule has 0 aliphatic heterocycles. The fourth-order valence-corrected chi connectivity index (χ4v) is 3.81. The number of nitrogens with zero attached hydrogens (tertiary/aromatic N) is 1. The average molecular weight is 351 g/mol. The molecule has 2 aliphatic carbocycles. The molecule has 0 bridgehead atoms. The average Bonchev–Trinajstić information content (AvgIpc) is 3.22. The standard InChI is InChI=1S/C16H19BrN2O2/c1-21-14-7-6-11(17)8-10(14)9-18-19-16(20)15-12-4-2-3-5-13(12)15/h6-9,12-13,15H,2-5H2,1H3,(H,19,20)/b18-9-/t12-,13-/m1/s1. The number of amides is 1. The number of hydrazone groups is 1. The molecule has 0 saturated heterocycles. The van der Waals surface area contributed by atoms with Crippen molar-refractivity contribution in [2.24, 2.45) is 22.9 Å². The first-order chi connectivity index (χ1) is 10.2. The summed E-state index contributed by atoms with van der Waals surface area (Å²) in [5.41, 5.74) is 3.51. The Morgan fingerprint density at radius 1 is 1.38 bits per heavy atom. The van der Waals surface area contributed by atoms with Crippen LogP contribution in [0.2, 0.25) is 0 Å². The highest BCUT2D eigenvalue weighted by Gasteiger charge is 2.54. The van der Waals surface area contributed by atoms with Gasteiger partial charge in [-0.05, 0) is 42.9 Å². The minimum Gasteiger partial charge on any atom is -0.496 e. The van der Waals surface area contributed by atoms with Crippen LogP contribution in [0, 0.1) is 17.8 Å². The van der Waals surface area contributed by atoms with E-state index in [1.807, 2.05) is 18.2 Å². The number of rotatable bonds is 4. The third-order valence-electron chi connectivity index (χ3n) is 4.53. The predicted molar refractivity (Wildman–Crippen MR) is 85.4 cm³/mol. The molecule has 2 saturated carbocycles. The lowest BCUT2D eigenvalue weighted by Crippen LogP contribution is -2.20. The Kier molecular flexibility index (Phi) is 4.29. The highest BCUT2D eigenvalue weighted by Crippen LogP contribution is 2.55. The molecule has 0 heterocycles. The fourth-order valence-electron chi connectivity index (χ4n) is 3.43. The number of nitrogens with one attached hydrogen (secondary N) is 1. The van der Waals surface area contributed by atoms with Gasteiger partial charge in [0.05, 0.1) is 13.3 Å². The molecule has 0 aromatic heterocycles. The summed E-state index contributed by atoms with van der Waals surface area (Å²) < 4.78 is 6.22. The van der Waals surface area contributed by atoms with E-state index in [0.717, 1.165) is 15.8 Å². The van der Waals surface area contributed by atoms with E-state index in [4.69, 9.17) is 4.74 Å². The molecule has 2 fully saturated rings. The van der Waals surface area contributed by atoms with Gasteiger partial charge in [0.25, 0.3) is 0 Å². The summed E-state index contributed by atoms with van der Waals surface area (Å²) in [7, 11) is 1.62. The van der Waals surface area contributed by atoms with E-state index >= 15 is 0 Å². The highest BCUT2D eigenvalue weighted by molar-refractivity contribution is 9.10. The van der Waals surface area contributed by atoms with E-state index in [-0.39, 0.29) is 11.8 Å². The number of fused-ring (bicyclic) bond motifs is 1. The van der Waals surface area contributed by atoms with Gasteiger partial charge in [-0.3, -0.25) is 4.79 Å². The van der Waals surface area contributed by atoms with Crippen molar-refractivity contribution in [1.82, 2.24) is 5.43 Å². The number of carbonyl (C=O) groups is 1. The molecule has 4 nitrogen and oxygen atoms in total. The number of carbonyl (C=O) groups excluding carboxylic acids is 1. The third kappa shape index (κ3) is 3.12. The predicted octanol–water partition coefficient (Wildman–Crippen LogP) is 3.34. The SMILES string of the molecule is COc1ccc(Br)cc1/C=N\NC(=O)C1[C@@H]2CCCC[C@@H]12. The van der Waals surface area contributed by atoms with Gasteiger partial charge in [0.2, 0.25) is 5.91 Å². The lowest BCUT2D eigenvalue weighted by atomic mass is 10.0. The summed E-state index contributed by atoms with van der Waals surface area (Å²) >= 11 is 3.42. The summed E-state index contributed by atoms with van der Waals surface area (Å²) in [5, 5.41) is 4.09. The smallest absolute Gasteiger partial charge is 0.243 e. The molecule has 0 unspecified atom stereocenters. The molecular formula is C16H19BrN2O2. The zero-order valence-electron chi connectivity index (χ0n) is 12.0. The van der Waals surface area contributed by atoms with E-state index < -0.39 is 0 Å². The van der Waals surface area contributed by atoms with Crippen molar-refractivity contribution >= 4 is 28.1 Å². The van der Waals surface area contributed by atoms with Crippen molar-refractivity contribution in [3.8, 4) is 5.75 Å². The van der Waals surface area contributed by atoms with E-state index in [2.05, 4.69) is 26.5 Å². The Balaban J connectivity index is 1.60. The first-order valence-electron chi connectivity index (χ1n) is 7.37. The van der Waals surface area contributed by atoms with Crippen molar-refractivity contribution in [2.75, 3.05) is 7.11 Å². The Labute approximate surface area is 133 Å². The summed E-state index contributed by atoms with van der Waals surface area (Å²) in [6, 6.07) is 5.68. The van der Waals surface area contributed by atoms with Gasteiger partial charge in [0.15, 0.2) is 0 Å². The number of ether oxygens (including phenoxy) is 1. The van der Waals surface area contributed by atoms with Gasteiger partial charge in [-0.1, -0.05) is 28.8 Å². The minimum atomic E-state index is 0.0668. The first-order valence-corrected chi connectivity index (χ1v) is 8.16. The van der Waals surface area contributed by atoms with Crippen LogP contribution >= 0.6 is 15.9 Å². The maximum atomic E-state index is 12.1. The van der Waals surface area contributed by atoms with E-state index in [1.54, 1.807) is 13.3 Å². The van der Waals surface area contributed by atoms with Gasteiger partial charge in [-0.2, -0.15) is 5.10 Å². The Bertz CT molecular complexity index is 561. The van der Waals surface area contributed by atoms with E-state index in [1.165, 1.54) is 25.7 Å². The molecule has 2 atom stereocenters. The topological polar surface area (TPSA) is 50.7 Å². The molecule has 21 heavy (non-hydrogen) atoms. The molecule has 0 spiro atoms. The third-order valence-corrected chi connectivity index (χ3v) is 5.02. The molecule has 1 aromatic carbocycles. The second-order valence-corrected chi connectivity index (χ2v) is 6.67. The molecular weight excluding hydrogens is 332 g/mol. The number of halogens is 1. The number of benzene rings is 1. The maximum absolute atomic E-state index is 12.1. The molecule has 112 valence electrons. The molecule has 5 heteroatoms. The van der Waals surface area contributed by atoms with Gasteiger partial charge in [-0.25, -0.2) is 5.43 Å². The van der Waals surface area contributed by atoms with Crippen molar-refractivity contribution < 1.29 is 9.53 Å². The van der Waals surface area contributed by atoms with Crippen LogP contribution in [0.25, 0.3) is 0 Å². The second-order valence-electron chi connectivity index (χ2n) is 5.76. The van der Waals surface area contributed by atoms with E-state index in [9.17, 15) is 4.79 Å². The molecule has 3 rings (SSSR count). The van der Waals surface area contributed by atoms with Gasteiger partial charge in [0, 0.05) is 16.0 Å².